The number of hydrogen-bond acceptors (Lipinski definition) is 4. The van der Waals surface area contributed by atoms with Crippen LogP contribution in [0.5, 0.6) is 0 Å². The van der Waals surface area contributed by atoms with E-state index in [-0.39, 0.29) is 0 Å². The standard InChI is InChI=1S/C21H17BrN4/c1-14-10-15(8-9-23-14)11-16-6-7-18(12-20(16)22)25-21-19-5-3-2-4-17(19)13-24-26-21/h2-10,12-13H,11H2,1H3,(H,25,26). The summed E-state index contributed by atoms with van der Waals surface area (Å²) in [5, 5.41) is 13.8. The number of anilines is 2. The number of nitrogens with zero attached hydrogens (tertiary/aromatic N) is 3. The fourth-order valence-corrected chi connectivity index (χ4v) is 3.48. The maximum absolute atomic E-state index is 4.26. The van der Waals surface area contributed by atoms with E-state index in [1.807, 2.05) is 37.4 Å². The first kappa shape index (κ1) is 16.7. The molecule has 0 radical (unpaired) electrons. The molecule has 0 amide bonds. The summed E-state index contributed by atoms with van der Waals surface area (Å²) >= 11 is 3.69. The SMILES string of the molecule is Cc1cc(Cc2ccc(Nc3nncc4ccccc34)cc2Br)ccn1. The summed E-state index contributed by atoms with van der Waals surface area (Å²) < 4.78 is 1.06. The summed E-state index contributed by atoms with van der Waals surface area (Å²) in [6.45, 7) is 2.01. The van der Waals surface area contributed by atoms with Gasteiger partial charge in [0.25, 0.3) is 0 Å². The number of aryl methyl sites for hydroxylation is 1. The minimum Gasteiger partial charge on any atom is -0.338 e. The van der Waals surface area contributed by atoms with Crippen LogP contribution in [-0.4, -0.2) is 15.2 Å². The molecule has 0 atom stereocenters. The van der Waals surface area contributed by atoms with Gasteiger partial charge in [-0.1, -0.05) is 46.3 Å². The minimum atomic E-state index is 0.757. The molecule has 5 heteroatoms. The average molecular weight is 405 g/mol. The highest BCUT2D eigenvalue weighted by molar-refractivity contribution is 9.10. The molecule has 0 bridgehead atoms. The molecule has 0 fully saturated rings. The number of aromatic nitrogens is 3. The van der Waals surface area contributed by atoms with Crippen LogP contribution in [0.4, 0.5) is 11.5 Å². The number of benzene rings is 2. The monoisotopic (exact) mass is 404 g/mol. The predicted molar refractivity (Wildman–Crippen MR) is 109 cm³/mol. The summed E-state index contributed by atoms with van der Waals surface area (Å²) in [5.74, 6) is 0.757. The average Bonchev–Trinajstić information content (AvgIpc) is 2.64. The Bertz CT molecular complexity index is 1070. The quantitative estimate of drug-likeness (QED) is 0.492. The summed E-state index contributed by atoms with van der Waals surface area (Å²) in [6, 6.07) is 18.5. The van der Waals surface area contributed by atoms with Gasteiger partial charge < -0.3 is 5.32 Å². The Kier molecular flexibility index (Phi) is 4.63. The van der Waals surface area contributed by atoms with Crippen molar-refractivity contribution in [2.24, 2.45) is 0 Å². The van der Waals surface area contributed by atoms with E-state index >= 15 is 0 Å². The van der Waals surface area contributed by atoms with Gasteiger partial charge in [0.05, 0.1) is 6.20 Å². The van der Waals surface area contributed by atoms with Crippen LogP contribution in [0.25, 0.3) is 10.8 Å². The van der Waals surface area contributed by atoms with E-state index in [4.69, 9.17) is 0 Å². The van der Waals surface area contributed by atoms with Gasteiger partial charge in [-0.15, -0.1) is 5.10 Å². The molecule has 1 N–H and O–H groups in total. The third-order valence-electron chi connectivity index (χ3n) is 4.24. The molecule has 0 aliphatic carbocycles. The van der Waals surface area contributed by atoms with Gasteiger partial charge in [-0.25, -0.2) is 0 Å². The zero-order chi connectivity index (χ0) is 17.9. The number of nitrogens with one attached hydrogen (secondary N) is 1. The molecule has 0 spiro atoms. The van der Waals surface area contributed by atoms with E-state index in [0.29, 0.717) is 0 Å². The zero-order valence-corrected chi connectivity index (χ0v) is 15.9. The molecule has 2 heterocycles. The Labute approximate surface area is 160 Å². The van der Waals surface area contributed by atoms with Crippen LogP contribution in [0.15, 0.2) is 71.5 Å². The first-order valence-corrected chi connectivity index (χ1v) is 9.16. The van der Waals surface area contributed by atoms with Gasteiger partial charge >= 0.3 is 0 Å². The Morgan fingerprint density at radius 1 is 1.04 bits per heavy atom. The van der Waals surface area contributed by atoms with Gasteiger partial charge in [-0.3, -0.25) is 4.98 Å². The Morgan fingerprint density at radius 2 is 1.92 bits per heavy atom. The Balaban J connectivity index is 1.59. The molecular formula is C21H17BrN4. The number of halogens is 1. The summed E-state index contributed by atoms with van der Waals surface area (Å²) in [5.41, 5.74) is 4.48. The highest BCUT2D eigenvalue weighted by atomic mass is 79.9. The van der Waals surface area contributed by atoms with Gasteiger partial charge in [0.15, 0.2) is 5.82 Å². The molecule has 0 saturated heterocycles. The lowest BCUT2D eigenvalue weighted by molar-refractivity contribution is 1.05. The van der Waals surface area contributed by atoms with E-state index < -0.39 is 0 Å². The number of rotatable bonds is 4. The fourth-order valence-electron chi connectivity index (χ4n) is 2.96. The van der Waals surface area contributed by atoms with E-state index in [1.54, 1.807) is 6.20 Å². The van der Waals surface area contributed by atoms with Crippen molar-refractivity contribution in [2.75, 3.05) is 5.32 Å². The predicted octanol–water partition coefficient (Wildman–Crippen LogP) is 5.43. The third kappa shape index (κ3) is 3.58. The van der Waals surface area contributed by atoms with E-state index in [2.05, 4.69) is 66.8 Å². The highest BCUT2D eigenvalue weighted by Crippen LogP contribution is 2.28. The number of fused-ring (bicyclic) bond motifs is 1. The lowest BCUT2D eigenvalue weighted by atomic mass is 10.0. The van der Waals surface area contributed by atoms with Crippen LogP contribution >= 0.6 is 15.9 Å². The molecule has 4 aromatic rings. The topological polar surface area (TPSA) is 50.7 Å². The van der Waals surface area contributed by atoms with Crippen molar-refractivity contribution in [3.05, 3.63) is 88.3 Å². The molecule has 0 aliphatic heterocycles. The third-order valence-corrected chi connectivity index (χ3v) is 4.98. The van der Waals surface area contributed by atoms with Crippen molar-refractivity contribution in [1.82, 2.24) is 15.2 Å². The summed E-state index contributed by atoms with van der Waals surface area (Å²) in [7, 11) is 0. The highest BCUT2D eigenvalue weighted by Gasteiger charge is 2.07. The second kappa shape index (κ2) is 7.22. The first-order valence-electron chi connectivity index (χ1n) is 8.36. The maximum atomic E-state index is 4.26. The molecule has 26 heavy (non-hydrogen) atoms. The van der Waals surface area contributed by atoms with Crippen LogP contribution in [-0.2, 0) is 6.42 Å². The van der Waals surface area contributed by atoms with Gasteiger partial charge in [0.1, 0.15) is 0 Å². The second-order valence-corrected chi connectivity index (χ2v) is 7.05. The normalized spacial score (nSPS) is 10.8. The molecule has 0 saturated carbocycles. The van der Waals surface area contributed by atoms with Crippen LogP contribution in [0.1, 0.15) is 16.8 Å². The van der Waals surface area contributed by atoms with Crippen LogP contribution in [0, 0.1) is 6.92 Å². The first-order chi connectivity index (χ1) is 12.7. The molecule has 128 valence electrons. The zero-order valence-electron chi connectivity index (χ0n) is 14.3. The van der Waals surface area contributed by atoms with Gasteiger partial charge in [-0.2, -0.15) is 5.10 Å². The molecule has 4 nitrogen and oxygen atoms in total. The summed E-state index contributed by atoms with van der Waals surface area (Å²) in [6.07, 6.45) is 4.49. The van der Waals surface area contributed by atoms with Crippen molar-refractivity contribution in [1.29, 1.82) is 0 Å². The van der Waals surface area contributed by atoms with Crippen LogP contribution in [0.2, 0.25) is 0 Å². The number of pyridine rings is 1. The van der Waals surface area contributed by atoms with Gasteiger partial charge in [0.2, 0.25) is 0 Å². The molecule has 2 aromatic heterocycles. The fraction of sp³-hybridized carbons (Fsp3) is 0.0952. The largest absolute Gasteiger partial charge is 0.338 e. The smallest absolute Gasteiger partial charge is 0.160 e. The van der Waals surface area contributed by atoms with Crippen molar-refractivity contribution in [3.8, 4) is 0 Å². The summed E-state index contributed by atoms with van der Waals surface area (Å²) in [4.78, 5) is 4.26. The van der Waals surface area contributed by atoms with Crippen molar-refractivity contribution in [3.63, 3.8) is 0 Å². The Morgan fingerprint density at radius 3 is 2.77 bits per heavy atom. The maximum Gasteiger partial charge on any atom is 0.160 e. The number of hydrogen-bond donors (Lipinski definition) is 1. The van der Waals surface area contributed by atoms with E-state index in [1.165, 1.54) is 11.1 Å². The van der Waals surface area contributed by atoms with E-state index in [9.17, 15) is 0 Å². The molecule has 4 rings (SSSR count). The van der Waals surface area contributed by atoms with Crippen molar-refractivity contribution >= 4 is 38.2 Å². The van der Waals surface area contributed by atoms with Crippen molar-refractivity contribution < 1.29 is 0 Å². The molecular weight excluding hydrogens is 388 g/mol. The van der Waals surface area contributed by atoms with Crippen molar-refractivity contribution in [2.45, 2.75) is 13.3 Å². The van der Waals surface area contributed by atoms with Crippen LogP contribution < -0.4 is 5.32 Å². The molecule has 2 aromatic carbocycles. The Hall–Kier alpha value is -2.79. The lowest BCUT2D eigenvalue weighted by Gasteiger charge is -2.11. The molecule has 0 aliphatic rings. The van der Waals surface area contributed by atoms with Gasteiger partial charge in [0, 0.05) is 32.8 Å². The minimum absolute atomic E-state index is 0.757. The lowest BCUT2D eigenvalue weighted by Crippen LogP contribution is -1.98. The van der Waals surface area contributed by atoms with Crippen LogP contribution in [0.3, 0.4) is 0 Å². The second-order valence-electron chi connectivity index (χ2n) is 6.19. The van der Waals surface area contributed by atoms with Gasteiger partial charge in [-0.05, 0) is 48.7 Å². The molecule has 0 unspecified atom stereocenters. The van der Waals surface area contributed by atoms with E-state index in [0.717, 1.165) is 38.9 Å².